The average molecular weight is 361 g/mol. The van der Waals surface area contributed by atoms with Gasteiger partial charge in [-0.1, -0.05) is 6.07 Å². The smallest absolute Gasteiger partial charge is 0.409 e. The van der Waals surface area contributed by atoms with Crippen molar-refractivity contribution in [2.75, 3.05) is 39.9 Å². The number of methoxy groups -OCH3 is 1. The van der Waals surface area contributed by atoms with Gasteiger partial charge in [-0.05, 0) is 64.1 Å². The molecule has 0 radical (unpaired) electrons. The van der Waals surface area contributed by atoms with Crippen molar-refractivity contribution >= 4 is 6.09 Å². The minimum absolute atomic E-state index is 0.157. The third-order valence-corrected chi connectivity index (χ3v) is 5.70. The predicted octanol–water partition coefficient (Wildman–Crippen LogP) is 3.28. The summed E-state index contributed by atoms with van der Waals surface area (Å²) < 4.78 is 10.6. The van der Waals surface area contributed by atoms with Crippen LogP contribution in [0.4, 0.5) is 4.79 Å². The molecule has 1 atom stereocenters. The Balaban J connectivity index is 1.53. The summed E-state index contributed by atoms with van der Waals surface area (Å²) in [5, 5.41) is 0. The summed E-state index contributed by atoms with van der Waals surface area (Å²) in [6.45, 7) is 6.14. The summed E-state index contributed by atoms with van der Waals surface area (Å²) in [6, 6.07) is 4.72. The molecule has 144 valence electrons. The first-order valence-electron chi connectivity index (χ1n) is 9.87. The number of hydrogen-bond donors (Lipinski definition) is 0. The number of carbonyl (C=O) groups excluding carboxylic acids is 1. The molecule has 2 aliphatic rings. The summed E-state index contributed by atoms with van der Waals surface area (Å²) >= 11 is 0. The molecule has 0 saturated carbocycles. The molecule has 3 heterocycles. The highest BCUT2D eigenvalue weighted by Gasteiger charge is 2.29. The molecule has 1 aromatic rings. The van der Waals surface area contributed by atoms with E-state index in [-0.39, 0.29) is 6.09 Å². The first kappa shape index (κ1) is 19.0. The Bertz CT molecular complexity index is 587. The van der Waals surface area contributed by atoms with E-state index in [0.717, 1.165) is 64.2 Å². The van der Waals surface area contributed by atoms with E-state index in [1.807, 2.05) is 17.9 Å². The number of hydrogen-bond acceptors (Lipinski definition) is 5. The zero-order valence-electron chi connectivity index (χ0n) is 16.0. The molecule has 0 aromatic carbocycles. The molecule has 6 heteroatoms. The Morgan fingerprint density at radius 3 is 2.73 bits per heavy atom. The van der Waals surface area contributed by atoms with Gasteiger partial charge in [0.25, 0.3) is 0 Å². The van der Waals surface area contributed by atoms with Crippen LogP contribution < -0.4 is 4.74 Å². The maximum absolute atomic E-state index is 12.0. The Morgan fingerprint density at radius 2 is 2.00 bits per heavy atom. The monoisotopic (exact) mass is 361 g/mol. The molecule has 26 heavy (non-hydrogen) atoms. The van der Waals surface area contributed by atoms with Gasteiger partial charge in [-0.15, -0.1) is 0 Å². The highest BCUT2D eigenvalue weighted by molar-refractivity contribution is 5.67. The number of ether oxygens (including phenoxy) is 2. The number of aromatic nitrogens is 1. The Morgan fingerprint density at radius 1 is 1.19 bits per heavy atom. The molecule has 1 aromatic heterocycles. The van der Waals surface area contributed by atoms with Crippen molar-refractivity contribution < 1.29 is 14.3 Å². The summed E-state index contributed by atoms with van der Waals surface area (Å²) in [4.78, 5) is 20.8. The molecule has 0 unspecified atom stereocenters. The van der Waals surface area contributed by atoms with Crippen LogP contribution in [0.3, 0.4) is 0 Å². The number of amides is 1. The van der Waals surface area contributed by atoms with E-state index in [2.05, 4.69) is 16.0 Å². The van der Waals surface area contributed by atoms with Crippen LogP contribution in [-0.2, 0) is 4.74 Å². The molecule has 2 fully saturated rings. The van der Waals surface area contributed by atoms with Gasteiger partial charge in [0.05, 0.1) is 13.7 Å². The quantitative estimate of drug-likeness (QED) is 0.824. The Labute approximate surface area is 156 Å². The fourth-order valence-electron chi connectivity index (χ4n) is 4.30. The van der Waals surface area contributed by atoms with Crippen molar-refractivity contribution in [1.82, 2.24) is 14.8 Å². The highest BCUT2D eigenvalue weighted by Crippen LogP contribution is 2.34. The topological polar surface area (TPSA) is 54.9 Å². The zero-order valence-corrected chi connectivity index (χ0v) is 16.0. The number of piperidine rings is 1. The maximum atomic E-state index is 12.0. The van der Waals surface area contributed by atoms with E-state index in [1.165, 1.54) is 5.56 Å². The van der Waals surface area contributed by atoms with E-state index >= 15 is 0 Å². The summed E-state index contributed by atoms with van der Waals surface area (Å²) in [7, 11) is 1.70. The standard InChI is InChI=1S/C20H31N3O3/c1-3-26-20(24)23-12-5-6-17(10-15-23)22-13-8-16(9-14-22)18-7-4-11-21-19(18)25-2/h4,7,11,16-17H,3,5-6,8-10,12-15H2,1-2H3/t17-/m1/s1. The third kappa shape index (κ3) is 4.47. The molecule has 0 spiro atoms. The number of nitrogens with zero attached hydrogens (tertiary/aromatic N) is 3. The fraction of sp³-hybridized carbons (Fsp3) is 0.700. The first-order valence-corrected chi connectivity index (χ1v) is 9.87. The molecule has 1 amide bonds. The van der Waals surface area contributed by atoms with Crippen LogP contribution in [-0.4, -0.2) is 66.8 Å². The first-order chi connectivity index (χ1) is 12.7. The van der Waals surface area contributed by atoms with Gasteiger partial charge in [0, 0.05) is 30.9 Å². The minimum atomic E-state index is -0.157. The van der Waals surface area contributed by atoms with E-state index in [1.54, 1.807) is 13.3 Å². The third-order valence-electron chi connectivity index (χ3n) is 5.70. The van der Waals surface area contributed by atoms with Crippen molar-refractivity contribution in [3.63, 3.8) is 0 Å². The lowest BCUT2D eigenvalue weighted by Gasteiger charge is -2.37. The molecular formula is C20H31N3O3. The minimum Gasteiger partial charge on any atom is -0.481 e. The van der Waals surface area contributed by atoms with Gasteiger partial charge >= 0.3 is 6.09 Å². The number of likely N-dealkylation sites (tertiary alicyclic amines) is 2. The second kappa shape index (κ2) is 9.21. The van der Waals surface area contributed by atoms with Crippen LogP contribution in [0, 0.1) is 0 Å². The zero-order chi connectivity index (χ0) is 18.4. The predicted molar refractivity (Wildman–Crippen MR) is 101 cm³/mol. The van der Waals surface area contributed by atoms with Crippen LogP contribution in [0.15, 0.2) is 18.3 Å². The maximum Gasteiger partial charge on any atom is 0.409 e. The lowest BCUT2D eigenvalue weighted by atomic mass is 9.89. The van der Waals surface area contributed by atoms with Gasteiger partial charge in [-0.25, -0.2) is 9.78 Å². The molecular weight excluding hydrogens is 330 g/mol. The number of rotatable bonds is 4. The summed E-state index contributed by atoms with van der Waals surface area (Å²) in [5.41, 5.74) is 1.24. The van der Waals surface area contributed by atoms with E-state index < -0.39 is 0 Å². The van der Waals surface area contributed by atoms with Crippen molar-refractivity contribution in [1.29, 1.82) is 0 Å². The Hall–Kier alpha value is -1.82. The van der Waals surface area contributed by atoms with Crippen LogP contribution in [0.2, 0.25) is 0 Å². The van der Waals surface area contributed by atoms with Crippen molar-refractivity contribution in [2.45, 2.75) is 51.0 Å². The molecule has 3 rings (SSSR count). The summed E-state index contributed by atoms with van der Waals surface area (Å²) in [5.74, 6) is 1.29. The van der Waals surface area contributed by atoms with Crippen LogP contribution in [0.25, 0.3) is 0 Å². The second-order valence-corrected chi connectivity index (χ2v) is 7.18. The molecule has 6 nitrogen and oxygen atoms in total. The van der Waals surface area contributed by atoms with E-state index in [0.29, 0.717) is 18.6 Å². The van der Waals surface area contributed by atoms with Gasteiger partial charge in [0.2, 0.25) is 5.88 Å². The molecule has 0 bridgehead atoms. The SMILES string of the molecule is CCOC(=O)N1CCC[C@@H](N2CCC(c3cccnc3OC)CC2)CC1. The van der Waals surface area contributed by atoms with Gasteiger partial charge in [0.1, 0.15) is 0 Å². The molecule has 0 N–H and O–H groups in total. The normalized spacial score (nSPS) is 22.7. The van der Waals surface area contributed by atoms with E-state index in [4.69, 9.17) is 9.47 Å². The highest BCUT2D eigenvalue weighted by atomic mass is 16.6. The van der Waals surface area contributed by atoms with Gasteiger partial charge in [-0.2, -0.15) is 0 Å². The van der Waals surface area contributed by atoms with Crippen molar-refractivity contribution in [2.24, 2.45) is 0 Å². The summed E-state index contributed by atoms with van der Waals surface area (Å²) in [6.07, 6.45) is 7.17. The lowest BCUT2D eigenvalue weighted by molar-refractivity contribution is 0.105. The largest absolute Gasteiger partial charge is 0.481 e. The number of carbonyl (C=O) groups is 1. The number of pyridine rings is 1. The molecule has 2 aliphatic heterocycles. The van der Waals surface area contributed by atoms with E-state index in [9.17, 15) is 4.79 Å². The van der Waals surface area contributed by atoms with Crippen LogP contribution in [0.5, 0.6) is 5.88 Å². The van der Waals surface area contributed by atoms with Crippen molar-refractivity contribution in [3.8, 4) is 5.88 Å². The van der Waals surface area contributed by atoms with Crippen LogP contribution in [0.1, 0.15) is 50.5 Å². The van der Waals surface area contributed by atoms with Gasteiger partial charge < -0.3 is 19.3 Å². The Kier molecular flexibility index (Phi) is 6.72. The molecule has 2 saturated heterocycles. The van der Waals surface area contributed by atoms with Crippen molar-refractivity contribution in [3.05, 3.63) is 23.9 Å². The molecule has 0 aliphatic carbocycles. The second-order valence-electron chi connectivity index (χ2n) is 7.18. The van der Waals surface area contributed by atoms with Crippen LogP contribution >= 0.6 is 0 Å². The average Bonchev–Trinajstić information content (AvgIpc) is 2.94. The fourth-order valence-corrected chi connectivity index (χ4v) is 4.30. The van der Waals surface area contributed by atoms with Gasteiger partial charge in [-0.3, -0.25) is 0 Å². The van der Waals surface area contributed by atoms with Gasteiger partial charge in [0.15, 0.2) is 0 Å². The lowest BCUT2D eigenvalue weighted by Crippen LogP contribution is -2.41.